The molecule has 1 amide bonds. The van der Waals surface area contributed by atoms with Crippen LogP contribution in [0, 0.1) is 22.7 Å². The maximum atomic E-state index is 13.5. The standard InChI is InChI=1S/C19H17N3O3/c1-4-9-22-11(2)16(12(3)23)19(18(22)24)13-7-5-6-8-15(13)25-17(21)14(19)10-20/h4-8,14,21H,1,9H2,2-3H3. The highest BCUT2D eigenvalue weighted by Crippen LogP contribution is 2.53. The van der Waals surface area contributed by atoms with Crippen LogP contribution < -0.4 is 4.74 Å². The fourth-order valence-electron chi connectivity index (χ4n) is 3.86. The maximum absolute atomic E-state index is 13.5. The van der Waals surface area contributed by atoms with Crippen LogP contribution in [0.2, 0.25) is 0 Å². The van der Waals surface area contributed by atoms with Gasteiger partial charge in [0.05, 0.1) is 6.07 Å². The molecule has 25 heavy (non-hydrogen) atoms. The second-order valence-electron chi connectivity index (χ2n) is 6.05. The van der Waals surface area contributed by atoms with Crippen LogP contribution in [0.5, 0.6) is 5.75 Å². The van der Waals surface area contributed by atoms with Crippen LogP contribution in [-0.4, -0.2) is 29.0 Å². The Kier molecular flexibility index (Phi) is 3.80. The van der Waals surface area contributed by atoms with Crippen molar-refractivity contribution in [2.24, 2.45) is 5.92 Å². The molecule has 2 aliphatic rings. The summed E-state index contributed by atoms with van der Waals surface area (Å²) >= 11 is 0. The molecule has 1 N–H and O–H groups in total. The highest BCUT2D eigenvalue weighted by Gasteiger charge is 2.63. The molecule has 2 atom stereocenters. The van der Waals surface area contributed by atoms with Gasteiger partial charge in [-0.15, -0.1) is 6.58 Å². The lowest BCUT2D eigenvalue weighted by Gasteiger charge is -2.39. The highest BCUT2D eigenvalue weighted by molar-refractivity contribution is 6.14. The Balaban J connectivity index is 2.43. The third-order valence-corrected chi connectivity index (χ3v) is 4.76. The zero-order valence-electron chi connectivity index (χ0n) is 14.0. The number of ether oxygens (including phenoxy) is 1. The third kappa shape index (κ3) is 1.99. The number of nitriles is 1. The Hall–Kier alpha value is -3.20. The smallest absolute Gasteiger partial charge is 0.244 e. The van der Waals surface area contributed by atoms with E-state index in [1.807, 2.05) is 6.07 Å². The van der Waals surface area contributed by atoms with E-state index in [2.05, 4.69) is 6.58 Å². The van der Waals surface area contributed by atoms with E-state index in [9.17, 15) is 14.9 Å². The van der Waals surface area contributed by atoms with E-state index < -0.39 is 17.2 Å². The molecule has 2 heterocycles. The molecule has 1 aromatic carbocycles. The van der Waals surface area contributed by atoms with Crippen molar-refractivity contribution >= 4 is 17.6 Å². The van der Waals surface area contributed by atoms with Gasteiger partial charge in [-0.3, -0.25) is 15.0 Å². The summed E-state index contributed by atoms with van der Waals surface area (Å²) in [5.41, 5.74) is -0.383. The lowest BCUT2D eigenvalue weighted by atomic mass is 9.63. The number of hydrogen-bond acceptors (Lipinski definition) is 5. The number of benzene rings is 1. The van der Waals surface area contributed by atoms with Crippen molar-refractivity contribution in [1.82, 2.24) is 4.90 Å². The predicted octanol–water partition coefficient (Wildman–Crippen LogP) is 2.33. The number of nitrogens with one attached hydrogen (secondary N) is 1. The molecule has 0 fully saturated rings. The SMILES string of the molecule is C=CCN1C(=O)C2(C(C(C)=O)=C1C)c1ccccc1OC(=N)C2C#N. The topological polar surface area (TPSA) is 94.2 Å². The second-order valence-corrected chi connectivity index (χ2v) is 6.05. The van der Waals surface area contributed by atoms with E-state index in [0.29, 0.717) is 17.0 Å². The van der Waals surface area contributed by atoms with Crippen LogP contribution in [0.3, 0.4) is 0 Å². The van der Waals surface area contributed by atoms with Crippen molar-refractivity contribution in [3.8, 4) is 11.8 Å². The number of carbonyl (C=O) groups is 2. The summed E-state index contributed by atoms with van der Waals surface area (Å²) in [6.45, 7) is 6.94. The highest BCUT2D eigenvalue weighted by atomic mass is 16.5. The van der Waals surface area contributed by atoms with Gasteiger partial charge in [-0.25, -0.2) is 0 Å². The minimum Gasteiger partial charge on any atom is -0.442 e. The average molecular weight is 335 g/mol. The van der Waals surface area contributed by atoms with Crippen molar-refractivity contribution < 1.29 is 14.3 Å². The molecule has 6 nitrogen and oxygen atoms in total. The minimum absolute atomic E-state index is 0.220. The summed E-state index contributed by atoms with van der Waals surface area (Å²) in [6, 6.07) is 8.78. The fraction of sp³-hybridized carbons (Fsp3) is 0.263. The predicted molar refractivity (Wildman–Crippen MR) is 90.9 cm³/mol. The Morgan fingerprint density at radius 1 is 1.52 bits per heavy atom. The normalized spacial score (nSPS) is 24.8. The second kappa shape index (κ2) is 5.71. The first-order valence-corrected chi connectivity index (χ1v) is 7.81. The van der Waals surface area contributed by atoms with Gasteiger partial charge in [0.2, 0.25) is 11.8 Å². The van der Waals surface area contributed by atoms with Gasteiger partial charge in [-0.05, 0) is 19.9 Å². The molecule has 126 valence electrons. The van der Waals surface area contributed by atoms with E-state index in [0.717, 1.165) is 0 Å². The number of amides is 1. The van der Waals surface area contributed by atoms with Crippen molar-refractivity contribution in [3.63, 3.8) is 0 Å². The number of allylic oxidation sites excluding steroid dienone is 1. The molecule has 0 radical (unpaired) electrons. The number of para-hydroxylation sites is 1. The summed E-state index contributed by atoms with van der Waals surface area (Å²) in [5, 5.41) is 17.9. The Morgan fingerprint density at radius 2 is 2.20 bits per heavy atom. The van der Waals surface area contributed by atoms with Crippen molar-refractivity contribution in [2.45, 2.75) is 19.3 Å². The molecule has 2 unspecified atom stereocenters. The first-order chi connectivity index (χ1) is 11.9. The molecular weight excluding hydrogens is 318 g/mol. The van der Waals surface area contributed by atoms with Crippen molar-refractivity contribution in [1.29, 1.82) is 10.7 Å². The number of hydrogen-bond donors (Lipinski definition) is 1. The number of carbonyl (C=O) groups excluding carboxylic acids is 2. The Labute approximate surface area is 145 Å². The molecule has 0 aliphatic carbocycles. The van der Waals surface area contributed by atoms with E-state index in [-0.39, 0.29) is 23.8 Å². The largest absolute Gasteiger partial charge is 0.442 e. The minimum atomic E-state index is -1.56. The van der Waals surface area contributed by atoms with Gasteiger partial charge in [0.15, 0.2) is 5.78 Å². The van der Waals surface area contributed by atoms with Gasteiger partial charge >= 0.3 is 0 Å². The molecule has 1 aromatic rings. The van der Waals surface area contributed by atoms with Gasteiger partial charge in [0, 0.05) is 23.4 Å². The zero-order chi connectivity index (χ0) is 18.4. The maximum Gasteiger partial charge on any atom is 0.244 e. The zero-order valence-corrected chi connectivity index (χ0v) is 14.0. The number of rotatable bonds is 3. The summed E-state index contributed by atoms with van der Waals surface area (Å²) < 4.78 is 5.46. The molecule has 0 bridgehead atoms. The Morgan fingerprint density at radius 3 is 2.80 bits per heavy atom. The van der Waals surface area contributed by atoms with Crippen LogP contribution in [0.4, 0.5) is 0 Å². The summed E-state index contributed by atoms with van der Waals surface area (Å²) in [5.74, 6) is -1.93. The van der Waals surface area contributed by atoms with E-state index in [1.165, 1.54) is 11.8 Å². The molecule has 0 saturated heterocycles. The molecule has 2 aliphatic heterocycles. The van der Waals surface area contributed by atoms with Crippen LogP contribution >= 0.6 is 0 Å². The monoisotopic (exact) mass is 335 g/mol. The average Bonchev–Trinajstić information content (AvgIpc) is 2.78. The summed E-state index contributed by atoms with van der Waals surface area (Å²) in [6.07, 6.45) is 1.57. The van der Waals surface area contributed by atoms with Crippen molar-refractivity contribution in [2.75, 3.05) is 6.54 Å². The molecule has 0 aromatic heterocycles. The third-order valence-electron chi connectivity index (χ3n) is 4.76. The lowest BCUT2D eigenvalue weighted by Crippen LogP contribution is -2.53. The van der Waals surface area contributed by atoms with Crippen molar-refractivity contribution in [3.05, 3.63) is 53.8 Å². The molecule has 3 rings (SSSR count). The lowest BCUT2D eigenvalue weighted by molar-refractivity contribution is -0.133. The first-order valence-electron chi connectivity index (χ1n) is 7.81. The van der Waals surface area contributed by atoms with Gasteiger partial charge < -0.3 is 9.64 Å². The van der Waals surface area contributed by atoms with Crippen LogP contribution in [0.1, 0.15) is 19.4 Å². The summed E-state index contributed by atoms with van der Waals surface area (Å²) in [4.78, 5) is 27.4. The fourth-order valence-corrected chi connectivity index (χ4v) is 3.86. The molecule has 1 spiro atoms. The van der Waals surface area contributed by atoms with Gasteiger partial charge in [0.1, 0.15) is 17.1 Å². The quantitative estimate of drug-likeness (QED) is 0.858. The number of ketones is 1. The van der Waals surface area contributed by atoms with E-state index in [1.54, 1.807) is 37.3 Å². The first kappa shape index (κ1) is 16.7. The summed E-state index contributed by atoms with van der Waals surface area (Å²) in [7, 11) is 0. The Bertz CT molecular complexity index is 893. The van der Waals surface area contributed by atoms with Gasteiger partial charge in [-0.1, -0.05) is 24.3 Å². The van der Waals surface area contributed by atoms with E-state index >= 15 is 0 Å². The van der Waals surface area contributed by atoms with Crippen LogP contribution in [0.15, 0.2) is 48.2 Å². The number of Topliss-reactive ketones (excluding diaryl/α,β-unsaturated/α-hetero) is 1. The number of fused-ring (bicyclic) bond motifs is 2. The molecule has 0 saturated carbocycles. The molecular formula is C19H17N3O3. The van der Waals surface area contributed by atoms with Crippen LogP contribution in [0.25, 0.3) is 0 Å². The van der Waals surface area contributed by atoms with Gasteiger partial charge in [0.25, 0.3) is 0 Å². The van der Waals surface area contributed by atoms with Gasteiger partial charge in [-0.2, -0.15) is 5.26 Å². The van der Waals surface area contributed by atoms with Crippen LogP contribution in [-0.2, 0) is 15.0 Å². The molecule has 6 heteroatoms. The number of nitrogens with zero attached hydrogens (tertiary/aromatic N) is 2. The van der Waals surface area contributed by atoms with E-state index in [4.69, 9.17) is 10.1 Å².